The fourth-order valence-electron chi connectivity index (χ4n) is 2.48. The van der Waals surface area contributed by atoms with Gasteiger partial charge in [0.1, 0.15) is 11.5 Å². The summed E-state index contributed by atoms with van der Waals surface area (Å²) in [5.74, 6) is 1.08. The number of nitrogens with one attached hydrogen (secondary N) is 1. The average Bonchev–Trinajstić information content (AvgIpc) is 3.09. The minimum Gasteiger partial charge on any atom is -0.497 e. The second-order valence-electron chi connectivity index (χ2n) is 5.30. The normalized spacial score (nSPS) is 10.4. The Labute approximate surface area is 144 Å². The van der Waals surface area contributed by atoms with Gasteiger partial charge in [0.15, 0.2) is 5.69 Å². The van der Waals surface area contributed by atoms with Crippen LogP contribution in [-0.2, 0) is 0 Å². The highest BCUT2D eigenvalue weighted by atomic mass is 16.6. The lowest BCUT2D eigenvalue weighted by molar-refractivity contribution is 0.102. The standard InChI is InChI=1S/C18H17N3O4/c1-11-10-12(23-2)8-9-13(11)16-17(21-25-20-16)19-18(22)14-6-4-5-7-15(14)24-3/h4-10H,1-3H3,(H,19,21,22). The molecule has 1 heterocycles. The van der Waals surface area contributed by atoms with E-state index in [0.29, 0.717) is 17.0 Å². The van der Waals surface area contributed by atoms with Gasteiger partial charge >= 0.3 is 0 Å². The maximum Gasteiger partial charge on any atom is 0.260 e. The van der Waals surface area contributed by atoms with Gasteiger partial charge in [-0.25, -0.2) is 4.63 Å². The number of carbonyl (C=O) groups is 1. The van der Waals surface area contributed by atoms with Gasteiger partial charge in [0.2, 0.25) is 5.82 Å². The molecule has 7 nitrogen and oxygen atoms in total. The topological polar surface area (TPSA) is 86.5 Å². The molecule has 0 bridgehead atoms. The van der Waals surface area contributed by atoms with Crippen LogP contribution in [0.1, 0.15) is 15.9 Å². The zero-order valence-electron chi connectivity index (χ0n) is 14.1. The van der Waals surface area contributed by atoms with Gasteiger partial charge in [-0.05, 0) is 53.1 Å². The van der Waals surface area contributed by atoms with Gasteiger partial charge in [0, 0.05) is 5.56 Å². The zero-order chi connectivity index (χ0) is 17.8. The van der Waals surface area contributed by atoms with Crippen molar-refractivity contribution in [2.45, 2.75) is 6.92 Å². The van der Waals surface area contributed by atoms with Crippen molar-refractivity contribution in [2.75, 3.05) is 19.5 Å². The van der Waals surface area contributed by atoms with Crippen LogP contribution >= 0.6 is 0 Å². The van der Waals surface area contributed by atoms with Gasteiger partial charge in [-0.1, -0.05) is 12.1 Å². The third-order valence-corrected chi connectivity index (χ3v) is 3.76. The minimum absolute atomic E-state index is 0.240. The first kappa shape index (κ1) is 16.5. The number of benzene rings is 2. The molecule has 0 saturated carbocycles. The molecule has 1 aromatic heterocycles. The molecule has 0 aliphatic heterocycles. The molecule has 0 spiro atoms. The fraction of sp³-hybridized carbons (Fsp3) is 0.167. The van der Waals surface area contributed by atoms with Crippen molar-refractivity contribution in [3.63, 3.8) is 0 Å². The van der Waals surface area contributed by atoms with Crippen molar-refractivity contribution >= 4 is 11.7 Å². The van der Waals surface area contributed by atoms with E-state index in [1.165, 1.54) is 7.11 Å². The lowest BCUT2D eigenvalue weighted by atomic mass is 10.1. The summed E-state index contributed by atoms with van der Waals surface area (Å²) in [5.41, 5.74) is 2.55. The average molecular weight is 339 g/mol. The molecule has 2 aromatic carbocycles. The molecule has 0 unspecified atom stereocenters. The molecule has 1 amide bonds. The molecule has 1 N–H and O–H groups in total. The minimum atomic E-state index is -0.361. The molecule has 0 aliphatic carbocycles. The number of amides is 1. The van der Waals surface area contributed by atoms with Crippen molar-refractivity contribution in [1.29, 1.82) is 0 Å². The maximum absolute atomic E-state index is 12.5. The summed E-state index contributed by atoms with van der Waals surface area (Å²) in [6.45, 7) is 1.92. The second kappa shape index (κ2) is 7.04. The number of aromatic nitrogens is 2. The number of hydrogen-bond donors (Lipinski definition) is 1. The molecular formula is C18H17N3O4. The Morgan fingerprint density at radius 3 is 2.60 bits per heavy atom. The molecule has 0 radical (unpaired) electrons. The Hall–Kier alpha value is -3.35. The molecule has 0 fully saturated rings. The first-order valence-electron chi connectivity index (χ1n) is 7.56. The van der Waals surface area contributed by atoms with E-state index in [1.54, 1.807) is 31.4 Å². The van der Waals surface area contributed by atoms with Gasteiger partial charge < -0.3 is 14.8 Å². The highest BCUT2D eigenvalue weighted by Crippen LogP contribution is 2.30. The predicted octanol–water partition coefficient (Wildman–Crippen LogP) is 3.31. The van der Waals surface area contributed by atoms with E-state index in [1.807, 2.05) is 25.1 Å². The molecule has 128 valence electrons. The summed E-state index contributed by atoms with van der Waals surface area (Å²) in [6.07, 6.45) is 0. The number of aryl methyl sites for hydroxylation is 1. The largest absolute Gasteiger partial charge is 0.497 e. The summed E-state index contributed by atoms with van der Waals surface area (Å²) >= 11 is 0. The Morgan fingerprint density at radius 1 is 1.08 bits per heavy atom. The van der Waals surface area contributed by atoms with Crippen molar-refractivity contribution < 1.29 is 18.9 Å². The third kappa shape index (κ3) is 3.30. The van der Waals surface area contributed by atoms with Crippen molar-refractivity contribution in [2.24, 2.45) is 0 Å². The number of hydrogen-bond acceptors (Lipinski definition) is 6. The van der Waals surface area contributed by atoms with Gasteiger partial charge in [-0.15, -0.1) is 0 Å². The van der Waals surface area contributed by atoms with Crippen LogP contribution in [0.2, 0.25) is 0 Å². The van der Waals surface area contributed by atoms with Crippen molar-refractivity contribution in [3.8, 4) is 22.8 Å². The number of para-hydroxylation sites is 1. The highest BCUT2D eigenvalue weighted by Gasteiger charge is 2.19. The second-order valence-corrected chi connectivity index (χ2v) is 5.30. The lowest BCUT2D eigenvalue weighted by Crippen LogP contribution is -2.14. The fourth-order valence-corrected chi connectivity index (χ4v) is 2.48. The van der Waals surface area contributed by atoms with E-state index < -0.39 is 0 Å². The van der Waals surface area contributed by atoms with E-state index in [2.05, 4.69) is 15.6 Å². The van der Waals surface area contributed by atoms with Crippen LogP contribution in [0.3, 0.4) is 0 Å². The van der Waals surface area contributed by atoms with Gasteiger partial charge in [-0.2, -0.15) is 0 Å². The third-order valence-electron chi connectivity index (χ3n) is 3.76. The molecule has 0 atom stereocenters. The van der Waals surface area contributed by atoms with Gasteiger partial charge in [-0.3, -0.25) is 4.79 Å². The Morgan fingerprint density at radius 2 is 1.88 bits per heavy atom. The lowest BCUT2D eigenvalue weighted by Gasteiger charge is -2.09. The summed E-state index contributed by atoms with van der Waals surface area (Å²) < 4.78 is 15.2. The number of nitrogens with zero attached hydrogens (tertiary/aromatic N) is 2. The number of methoxy groups -OCH3 is 2. The number of rotatable bonds is 5. The quantitative estimate of drug-likeness (QED) is 0.767. The molecule has 3 rings (SSSR count). The summed E-state index contributed by atoms with van der Waals surface area (Å²) in [5, 5.41) is 10.4. The predicted molar refractivity (Wildman–Crippen MR) is 92.0 cm³/mol. The maximum atomic E-state index is 12.5. The Balaban J connectivity index is 1.91. The Bertz CT molecular complexity index is 905. The molecule has 0 aliphatic rings. The first-order chi connectivity index (χ1) is 12.1. The number of ether oxygens (including phenoxy) is 2. The summed E-state index contributed by atoms with van der Waals surface area (Å²) in [6, 6.07) is 12.4. The van der Waals surface area contributed by atoms with Crippen LogP contribution in [0, 0.1) is 6.92 Å². The van der Waals surface area contributed by atoms with Gasteiger partial charge in [0.05, 0.1) is 19.8 Å². The molecule has 7 heteroatoms. The van der Waals surface area contributed by atoms with E-state index in [0.717, 1.165) is 16.9 Å². The molecular weight excluding hydrogens is 322 g/mol. The van der Waals surface area contributed by atoms with Crippen LogP contribution in [0.4, 0.5) is 5.82 Å². The van der Waals surface area contributed by atoms with Gasteiger partial charge in [0.25, 0.3) is 5.91 Å². The first-order valence-corrected chi connectivity index (χ1v) is 7.56. The molecule has 25 heavy (non-hydrogen) atoms. The molecule has 3 aromatic rings. The SMILES string of the molecule is COc1ccc(-c2nonc2NC(=O)c2ccccc2OC)c(C)c1. The van der Waals surface area contributed by atoms with Crippen LogP contribution in [0.5, 0.6) is 11.5 Å². The van der Waals surface area contributed by atoms with Crippen LogP contribution in [0.25, 0.3) is 11.3 Å². The van der Waals surface area contributed by atoms with Crippen LogP contribution < -0.4 is 14.8 Å². The summed E-state index contributed by atoms with van der Waals surface area (Å²) in [7, 11) is 3.11. The number of anilines is 1. The monoisotopic (exact) mass is 339 g/mol. The molecule has 0 saturated heterocycles. The zero-order valence-corrected chi connectivity index (χ0v) is 14.1. The van der Waals surface area contributed by atoms with Crippen LogP contribution in [-0.4, -0.2) is 30.4 Å². The van der Waals surface area contributed by atoms with E-state index >= 15 is 0 Å². The smallest absolute Gasteiger partial charge is 0.260 e. The van der Waals surface area contributed by atoms with Crippen molar-refractivity contribution in [1.82, 2.24) is 10.3 Å². The summed E-state index contributed by atoms with van der Waals surface area (Å²) in [4.78, 5) is 12.5. The highest BCUT2D eigenvalue weighted by molar-refractivity contribution is 6.07. The Kier molecular flexibility index (Phi) is 4.65. The number of carbonyl (C=O) groups excluding carboxylic acids is 1. The van der Waals surface area contributed by atoms with E-state index in [-0.39, 0.29) is 11.7 Å². The van der Waals surface area contributed by atoms with E-state index in [4.69, 9.17) is 14.1 Å². The van der Waals surface area contributed by atoms with Crippen LogP contribution in [0.15, 0.2) is 47.1 Å². The van der Waals surface area contributed by atoms with E-state index in [9.17, 15) is 4.79 Å². The van der Waals surface area contributed by atoms with Crippen molar-refractivity contribution in [3.05, 3.63) is 53.6 Å².